The summed E-state index contributed by atoms with van der Waals surface area (Å²) >= 11 is 11.1. The van der Waals surface area contributed by atoms with Crippen molar-refractivity contribution in [3.8, 4) is 6.07 Å². The van der Waals surface area contributed by atoms with Gasteiger partial charge in [0.2, 0.25) is 10.0 Å². The van der Waals surface area contributed by atoms with Crippen molar-refractivity contribution < 1.29 is 12.8 Å². The lowest BCUT2D eigenvalue weighted by molar-refractivity contribution is 0.475. The minimum atomic E-state index is -3.93. The molecule has 18 heavy (non-hydrogen) atoms. The van der Waals surface area contributed by atoms with Crippen LogP contribution < -0.4 is 0 Å². The lowest BCUT2D eigenvalue weighted by Gasteiger charge is -2.16. The molecule has 0 aliphatic rings. The highest BCUT2D eigenvalue weighted by Gasteiger charge is 2.25. The molecule has 0 saturated carbocycles. The highest BCUT2D eigenvalue weighted by molar-refractivity contribution is 7.89. The van der Waals surface area contributed by atoms with Gasteiger partial charge in [0.15, 0.2) is 5.82 Å². The molecule has 0 aliphatic carbocycles. The van der Waals surface area contributed by atoms with Gasteiger partial charge in [-0.25, -0.2) is 12.8 Å². The topological polar surface area (TPSA) is 61.2 Å². The zero-order chi connectivity index (χ0) is 13.9. The maximum atomic E-state index is 13.4. The Morgan fingerprint density at radius 1 is 1.44 bits per heavy atom. The van der Waals surface area contributed by atoms with Gasteiger partial charge in [-0.3, -0.25) is 0 Å². The summed E-state index contributed by atoms with van der Waals surface area (Å²) in [4.78, 5) is -0.369. The quantitative estimate of drug-likeness (QED) is 0.803. The molecule has 0 aliphatic heterocycles. The predicted octanol–water partition coefficient (Wildman–Crippen LogP) is 2.67. The van der Waals surface area contributed by atoms with Gasteiger partial charge in [-0.2, -0.15) is 9.57 Å². The molecule has 0 amide bonds. The number of benzene rings is 1. The molecule has 1 aromatic rings. The van der Waals surface area contributed by atoms with Gasteiger partial charge in [-0.15, -0.1) is 0 Å². The molecule has 0 saturated heterocycles. The fraction of sp³-hybridized carbons (Fsp3) is 0.300. The molecule has 1 aromatic carbocycles. The molecule has 98 valence electrons. The molecular weight excluding hydrogens is 302 g/mol. The third kappa shape index (κ3) is 2.93. The molecule has 0 aromatic heterocycles. The molecule has 0 spiro atoms. The van der Waals surface area contributed by atoms with Gasteiger partial charge < -0.3 is 0 Å². The minimum Gasteiger partial charge on any atom is -0.207 e. The zero-order valence-corrected chi connectivity index (χ0v) is 11.7. The molecule has 1 rings (SSSR count). The number of nitrogens with zero attached hydrogens (tertiary/aromatic N) is 2. The monoisotopic (exact) mass is 310 g/mol. The second-order valence-electron chi connectivity index (χ2n) is 3.41. The first-order chi connectivity index (χ1) is 8.32. The highest BCUT2D eigenvalue weighted by Crippen LogP contribution is 2.30. The Hall–Kier alpha value is -0.870. The normalized spacial score (nSPS) is 11.6. The van der Waals surface area contributed by atoms with Crippen LogP contribution in [0.5, 0.6) is 0 Å². The summed E-state index contributed by atoms with van der Waals surface area (Å²) in [5.74, 6) is -0.979. The number of halogens is 3. The Morgan fingerprint density at radius 2 is 2.06 bits per heavy atom. The van der Waals surface area contributed by atoms with Crippen molar-refractivity contribution in [2.24, 2.45) is 0 Å². The van der Waals surface area contributed by atoms with E-state index in [4.69, 9.17) is 28.5 Å². The average Bonchev–Trinajstić information content (AvgIpc) is 2.32. The molecular formula is C10H9Cl2FN2O2S. The van der Waals surface area contributed by atoms with Gasteiger partial charge >= 0.3 is 0 Å². The van der Waals surface area contributed by atoms with Crippen LogP contribution in [0.1, 0.15) is 6.42 Å². The van der Waals surface area contributed by atoms with Gasteiger partial charge in [0.05, 0.1) is 16.1 Å². The maximum absolute atomic E-state index is 13.4. The molecule has 0 radical (unpaired) electrons. The van der Waals surface area contributed by atoms with E-state index in [2.05, 4.69) is 0 Å². The van der Waals surface area contributed by atoms with Crippen LogP contribution in [0.2, 0.25) is 10.0 Å². The van der Waals surface area contributed by atoms with Crippen molar-refractivity contribution in [3.63, 3.8) is 0 Å². The third-order valence-corrected chi connectivity index (χ3v) is 4.90. The van der Waals surface area contributed by atoms with E-state index >= 15 is 0 Å². The first kappa shape index (κ1) is 15.2. The summed E-state index contributed by atoms with van der Waals surface area (Å²) < 4.78 is 38.5. The summed E-state index contributed by atoms with van der Waals surface area (Å²) in [6, 6.07) is 4.07. The van der Waals surface area contributed by atoms with E-state index < -0.39 is 20.9 Å². The largest absolute Gasteiger partial charge is 0.244 e. The SMILES string of the molecule is CN(CCC#N)S(=O)(=O)c1ccc(Cl)c(F)c1Cl. The van der Waals surface area contributed by atoms with Crippen LogP contribution >= 0.6 is 23.2 Å². The van der Waals surface area contributed by atoms with E-state index in [-0.39, 0.29) is 22.9 Å². The first-order valence-corrected chi connectivity index (χ1v) is 6.98. The average molecular weight is 311 g/mol. The predicted molar refractivity (Wildman–Crippen MR) is 66.5 cm³/mol. The van der Waals surface area contributed by atoms with E-state index in [0.29, 0.717) is 0 Å². The molecule has 0 N–H and O–H groups in total. The number of sulfonamides is 1. The van der Waals surface area contributed by atoms with E-state index in [1.54, 1.807) is 0 Å². The third-order valence-electron chi connectivity index (χ3n) is 2.23. The van der Waals surface area contributed by atoms with Crippen LogP contribution in [0.3, 0.4) is 0 Å². The summed E-state index contributed by atoms with van der Waals surface area (Å²) in [5.41, 5.74) is 0. The Morgan fingerprint density at radius 3 is 2.61 bits per heavy atom. The second kappa shape index (κ2) is 5.85. The van der Waals surface area contributed by atoms with Gasteiger partial charge in [-0.05, 0) is 12.1 Å². The van der Waals surface area contributed by atoms with Crippen LogP contribution in [-0.4, -0.2) is 26.3 Å². The van der Waals surface area contributed by atoms with Gasteiger partial charge in [-0.1, -0.05) is 23.2 Å². The van der Waals surface area contributed by atoms with Crippen molar-refractivity contribution in [1.82, 2.24) is 4.31 Å². The molecule has 0 atom stereocenters. The first-order valence-electron chi connectivity index (χ1n) is 4.79. The molecule has 0 unspecified atom stereocenters. The Balaban J connectivity index is 3.22. The van der Waals surface area contributed by atoms with Crippen LogP contribution in [0, 0.1) is 17.1 Å². The molecule has 0 fully saturated rings. The van der Waals surface area contributed by atoms with E-state index in [9.17, 15) is 12.8 Å². The molecule has 0 bridgehead atoms. The number of rotatable bonds is 4. The summed E-state index contributed by atoms with van der Waals surface area (Å²) in [7, 11) is -2.64. The molecule has 4 nitrogen and oxygen atoms in total. The van der Waals surface area contributed by atoms with E-state index in [1.807, 2.05) is 6.07 Å². The van der Waals surface area contributed by atoms with Gasteiger partial charge in [0.25, 0.3) is 0 Å². The Kier molecular flexibility index (Phi) is 4.93. The zero-order valence-electron chi connectivity index (χ0n) is 9.32. The van der Waals surface area contributed by atoms with Crippen molar-refractivity contribution in [3.05, 3.63) is 28.0 Å². The van der Waals surface area contributed by atoms with Crippen molar-refractivity contribution in [1.29, 1.82) is 5.26 Å². The van der Waals surface area contributed by atoms with Crippen LogP contribution in [0.25, 0.3) is 0 Å². The smallest absolute Gasteiger partial charge is 0.207 e. The summed E-state index contributed by atoms with van der Waals surface area (Å²) in [6.07, 6.45) is 0.0312. The fourth-order valence-electron chi connectivity index (χ4n) is 1.20. The van der Waals surface area contributed by atoms with Crippen LogP contribution in [-0.2, 0) is 10.0 Å². The second-order valence-corrected chi connectivity index (χ2v) is 6.21. The van der Waals surface area contributed by atoms with Crippen LogP contribution in [0.4, 0.5) is 4.39 Å². The van der Waals surface area contributed by atoms with E-state index in [0.717, 1.165) is 16.4 Å². The number of nitriles is 1. The Bertz CT molecular complexity index is 599. The highest BCUT2D eigenvalue weighted by atomic mass is 35.5. The van der Waals surface area contributed by atoms with Crippen LogP contribution in [0.15, 0.2) is 17.0 Å². The van der Waals surface area contributed by atoms with Gasteiger partial charge in [0.1, 0.15) is 4.90 Å². The lowest BCUT2D eigenvalue weighted by atomic mass is 10.3. The number of hydrogen-bond donors (Lipinski definition) is 0. The van der Waals surface area contributed by atoms with Gasteiger partial charge in [0, 0.05) is 20.0 Å². The van der Waals surface area contributed by atoms with E-state index in [1.165, 1.54) is 7.05 Å². The molecule has 0 heterocycles. The molecule has 8 heteroatoms. The lowest BCUT2D eigenvalue weighted by Crippen LogP contribution is -2.28. The maximum Gasteiger partial charge on any atom is 0.244 e. The van der Waals surface area contributed by atoms with Crippen molar-refractivity contribution in [2.75, 3.05) is 13.6 Å². The van der Waals surface area contributed by atoms with Crippen molar-refractivity contribution >= 4 is 33.2 Å². The minimum absolute atomic E-state index is 0.000588. The fourth-order valence-corrected chi connectivity index (χ4v) is 3.09. The summed E-state index contributed by atoms with van der Waals surface area (Å²) in [6.45, 7) is -0.000588. The van der Waals surface area contributed by atoms with Crippen molar-refractivity contribution in [2.45, 2.75) is 11.3 Å². The summed E-state index contributed by atoms with van der Waals surface area (Å²) in [5, 5.41) is 7.61. The Labute approximate surface area is 115 Å². The standard InChI is InChI=1S/C10H9Cl2FN2O2S/c1-15(6-2-5-14)18(16,17)8-4-3-7(11)10(13)9(8)12/h3-4H,2,6H2,1H3. The number of hydrogen-bond acceptors (Lipinski definition) is 3.